The van der Waals surface area contributed by atoms with E-state index in [1.165, 1.54) is 38.5 Å². The Bertz CT molecular complexity index is 507. The minimum Gasteiger partial charge on any atom is -0.338 e. The number of pyridine rings is 1. The average molecular weight is 299 g/mol. The zero-order valence-corrected chi connectivity index (χ0v) is 13.1. The summed E-state index contributed by atoms with van der Waals surface area (Å²) in [5, 5.41) is 6.08. The number of carbonyl (C=O) groups is 1. The molecule has 0 spiro atoms. The van der Waals surface area contributed by atoms with Gasteiger partial charge in [0.1, 0.15) is 0 Å². The molecule has 0 aliphatic heterocycles. The highest BCUT2D eigenvalue weighted by Crippen LogP contribution is 2.59. The van der Waals surface area contributed by atoms with Crippen LogP contribution in [-0.4, -0.2) is 17.6 Å². The van der Waals surface area contributed by atoms with Crippen LogP contribution in [0.1, 0.15) is 44.1 Å². The molecule has 1 heterocycles. The van der Waals surface area contributed by atoms with Crippen LogP contribution < -0.4 is 10.6 Å². The molecular formula is C18H25N3O. The Morgan fingerprint density at radius 1 is 1.14 bits per heavy atom. The third-order valence-electron chi connectivity index (χ3n) is 5.96. The van der Waals surface area contributed by atoms with Gasteiger partial charge in [0.15, 0.2) is 0 Å². The minimum atomic E-state index is -0.0420. The van der Waals surface area contributed by atoms with Crippen molar-refractivity contribution >= 4 is 6.03 Å². The lowest BCUT2D eigenvalue weighted by Crippen LogP contribution is -2.52. The van der Waals surface area contributed by atoms with Crippen LogP contribution in [0.25, 0.3) is 0 Å². The fraction of sp³-hybridized carbons (Fsp3) is 0.667. The van der Waals surface area contributed by atoms with Gasteiger partial charge < -0.3 is 10.6 Å². The first-order valence-corrected chi connectivity index (χ1v) is 8.61. The van der Waals surface area contributed by atoms with E-state index >= 15 is 0 Å². The van der Waals surface area contributed by atoms with Gasteiger partial charge in [-0.05, 0) is 73.3 Å². The number of hydrogen-bond acceptors (Lipinski definition) is 2. The van der Waals surface area contributed by atoms with Crippen molar-refractivity contribution in [1.29, 1.82) is 0 Å². The van der Waals surface area contributed by atoms with Crippen molar-refractivity contribution in [2.45, 2.75) is 45.1 Å². The Hall–Kier alpha value is -1.58. The number of urea groups is 1. The number of nitrogens with zero attached hydrogens (tertiary/aromatic N) is 1. The van der Waals surface area contributed by atoms with Gasteiger partial charge in [0.05, 0.1) is 0 Å². The van der Waals surface area contributed by atoms with Crippen LogP contribution in [0.2, 0.25) is 0 Å². The van der Waals surface area contributed by atoms with Gasteiger partial charge in [0, 0.05) is 25.5 Å². The Kier molecular flexibility index (Phi) is 3.55. The third kappa shape index (κ3) is 2.83. The lowest BCUT2D eigenvalue weighted by Gasteiger charge is -2.56. The number of aromatic nitrogens is 1. The molecule has 2 amide bonds. The molecule has 0 unspecified atom stereocenters. The molecule has 0 aromatic carbocycles. The monoisotopic (exact) mass is 299 g/mol. The van der Waals surface area contributed by atoms with E-state index in [0.29, 0.717) is 12.0 Å². The Morgan fingerprint density at radius 2 is 1.82 bits per heavy atom. The van der Waals surface area contributed by atoms with Gasteiger partial charge >= 0.3 is 6.03 Å². The van der Waals surface area contributed by atoms with Crippen LogP contribution in [0, 0.1) is 23.2 Å². The zero-order valence-electron chi connectivity index (χ0n) is 13.1. The van der Waals surface area contributed by atoms with Gasteiger partial charge in [0.25, 0.3) is 0 Å². The van der Waals surface area contributed by atoms with Gasteiger partial charge in [-0.3, -0.25) is 4.98 Å². The highest BCUT2D eigenvalue weighted by Gasteiger charge is 2.50. The molecule has 0 atom stereocenters. The summed E-state index contributed by atoms with van der Waals surface area (Å²) >= 11 is 0. The lowest BCUT2D eigenvalue weighted by atomic mass is 9.49. The highest BCUT2D eigenvalue weighted by atomic mass is 16.2. The Balaban J connectivity index is 1.28. The molecule has 2 N–H and O–H groups in total. The predicted octanol–water partition coefficient (Wildman–Crippen LogP) is 3.10. The first-order valence-electron chi connectivity index (χ1n) is 8.61. The van der Waals surface area contributed by atoms with Crippen molar-refractivity contribution in [2.75, 3.05) is 6.54 Å². The molecule has 4 heteroatoms. The molecule has 22 heavy (non-hydrogen) atoms. The van der Waals surface area contributed by atoms with Gasteiger partial charge in [-0.25, -0.2) is 4.79 Å². The van der Waals surface area contributed by atoms with Gasteiger partial charge in [-0.1, -0.05) is 6.07 Å². The van der Waals surface area contributed by atoms with E-state index in [-0.39, 0.29) is 6.03 Å². The number of carbonyl (C=O) groups excluding carboxylic acids is 1. The highest BCUT2D eigenvalue weighted by molar-refractivity contribution is 5.73. The summed E-state index contributed by atoms with van der Waals surface area (Å²) in [7, 11) is 0. The maximum atomic E-state index is 12.1. The number of amides is 2. The molecule has 0 saturated heterocycles. The summed E-state index contributed by atoms with van der Waals surface area (Å²) in [4.78, 5) is 16.1. The van der Waals surface area contributed by atoms with E-state index < -0.39 is 0 Å². The van der Waals surface area contributed by atoms with Crippen molar-refractivity contribution in [1.82, 2.24) is 15.6 Å². The van der Waals surface area contributed by atoms with E-state index in [1.54, 1.807) is 12.4 Å². The minimum absolute atomic E-state index is 0.0420. The zero-order chi connectivity index (χ0) is 15.0. The lowest BCUT2D eigenvalue weighted by molar-refractivity contribution is -0.0498. The van der Waals surface area contributed by atoms with Crippen LogP contribution in [0.15, 0.2) is 24.5 Å². The summed E-state index contributed by atoms with van der Waals surface area (Å²) in [5.41, 5.74) is 1.44. The van der Waals surface area contributed by atoms with E-state index in [0.717, 1.165) is 29.9 Å². The van der Waals surface area contributed by atoms with Crippen molar-refractivity contribution in [3.05, 3.63) is 30.1 Å². The number of rotatable bonds is 4. The van der Waals surface area contributed by atoms with E-state index in [4.69, 9.17) is 0 Å². The second-order valence-electron chi connectivity index (χ2n) is 7.82. The van der Waals surface area contributed by atoms with E-state index in [9.17, 15) is 4.79 Å². The SMILES string of the molecule is O=C(NCc1cccnc1)NCC12CC3CC(CC(C3)C1)C2. The van der Waals surface area contributed by atoms with Gasteiger partial charge in [0.2, 0.25) is 0 Å². The largest absolute Gasteiger partial charge is 0.338 e. The number of nitrogens with one attached hydrogen (secondary N) is 2. The summed E-state index contributed by atoms with van der Waals surface area (Å²) < 4.78 is 0. The van der Waals surface area contributed by atoms with Crippen LogP contribution in [0.4, 0.5) is 4.79 Å². The van der Waals surface area contributed by atoms with Crippen LogP contribution in [0.5, 0.6) is 0 Å². The summed E-state index contributed by atoms with van der Waals surface area (Å²) in [5.74, 6) is 2.81. The quantitative estimate of drug-likeness (QED) is 0.897. The van der Waals surface area contributed by atoms with Crippen molar-refractivity contribution in [2.24, 2.45) is 23.2 Å². The molecular weight excluding hydrogens is 274 g/mol. The fourth-order valence-electron chi connectivity index (χ4n) is 5.52. The molecule has 0 radical (unpaired) electrons. The third-order valence-corrected chi connectivity index (χ3v) is 5.96. The molecule has 4 saturated carbocycles. The van der Waals surface area contributed by atoms with E-state index in [1.807, 2.05) is 12.1 Å². The Morgan fingerprint density at radius 3 is 2.41 bits per heavy atom. The predicted molar refractivity (Wildman–Crippen MR) is 85.1 cm³/mol. The molecule has 4 bridgehead atoms. The van der Waals surface area contributed by atoms with Crippen LogP contribution in [-0.2, 0) is 6.54 Å². The molecule has 4 fully saturated rings. The van der Waals surface area contributed by atoms with Gasteiger partial charge in [-0.2, -0.15) is 0 Å². The first-order chi connectivity index (χ1) is 10.7. The molecule has 4 aliphatic carbocycles. The van der Waals surface area contributed by atoms with Crippen LogP contribution in [0.3, 0.4) is 0 Å². The average Bonchev–Trinajstić information content (AvgIpc) is 2.51. The van der Waals surface area contributed by atoms with Crippen molar-refractivity contribution in [3.63, 3.8) is 0 Å². The second kappa shape index (κ2) is 5.56. The maximum Gasteiger partial charge on any atom is 0.315 e. The molecule has 118 valence electrons. The normalized spacial score (nSPS) is 35.4. The summed E-state index contributed by atoms with van der Waals surface area (Å²) in [6, 6.07) is 3.83. The Labute approximate surface area is 132 Å². The van der Waals surface area contributed by atoms with E-state index in [2.05, 4.69) is 15.6 Å². The van der Waals surface area contributed by atoms with Gasteiger partial charge in [-0.15, -0.1) is 0 Å². The topological polar surface area (TPSA) is 54.0 Å². The summed E-state index contributed by atoms with van der Waals surface area (Å²) in [6.45, 7) is 1.40. The first kappa shape index (κ1) is 14.0. The molecule has 1 aromatic heterocycles. The standard InChI is InChI=1S/C18H25N3O/c22-17(20-11-13-2-1-3-19-10-13)21-12-18-7-14-4-15(8-18)6-16(5-14)9-18/h1-3,10,14-16H,4-9,11-12H2,(H2,20,21,22). The van der Waals surface area contributed by atoms with Crippen LogP contribution >= 0.6 is 0 Å². The summed E-state index contributed by atoms with van der Waals surface area (Å²) in [6.07, 6.45) is 11.9. The molecule has 4 nitrogen and oxygen atoms in total. The smallest absolute Gasteiger partial charge is 0.315 e. The maximum absolute atomic E-state index is 12.1. The number of hydrogen-bond donors (Lipinski definition) is 2. The molecule has 4 aliphatic rings. The molecule has 1 aromatic rings. The van der Waals surface area contributed by atoms with Crippen molar-refractivity contribution in [3.8, 4) is 0 Å². The molecule has 5 rings (SSSR count). The fourth-order valence-corrected chi connectivity index (χ4v) is 5.52. The second-order valence-corrected chi connectivity index (χ2v) is 7.82. The van der Waals surface area contributed by atoms with Crippen molar-refractivity contribution < 1.29 is 4.79 Å².